The number of hydrogen-bond donors (Lipinski definition) is 1. The van der Waals surface area contributed by atoms with Crippen LogP contribution in [0.5, 0.6) is 0 Å². The van der Waals surface area contributed by atoms with Crippen molar-refractivity contribution in [1.82, 2.24) is 9.78 Å². The highest BCUT2D eigenvalue weighted by Gasteiger charge is 2.43. The van der Waals surface area contributed by atoms with Crippen LogP contribution in [0.2, 0.25) is 0 Å². The lowest BCUT2D eigenvalue weighted by Gasteiger charge is -2.09. The number of carboxylic acids is 1. The average Bonchev–Trinajstić information content (AvgIpc) is 3.11. The highest BCUT2D eigenvalue weighted by atomic mass is 19.1. The van der Waals surface area contributed by atoms with E-state index in [1.54, 1.807) is 16.8 Å². The van der Waals surface area contributed by atoms with Crippen LogP contribution < -0.4 is 0 Å². The maximum Gasteiger partial charge on any atom is 0.354 e. The molecule has 0 amide bonds. The molecule has 0 saturated heterocycles. The van der Waals surface area contributed by atoms with Crippen LogP contribution in [0.15, 0.2) is 24.3 Å². The molecule has 2 unspecified atom stereocenters. The molecule has 1 aromatic heterocycles. The summed E-state index contributed by atoms with van der Waals surface area (Å²) in [5.74, 6) is -0.424. The van der Waals surface area contributed by atoms with Gasteiger partial charge in [-0.2, -0.15) is 5.10 Å². The molecule has 1 saturated carbocycles. The number of halogens is 1. The van der Waals surface area contributed by atoms with Gasteiger partial charge >= 0.3 is 5.97 Å². The second kappa shape index (κ2) is 4.41. The zero-order valence-electron chi connectivity index (χ0n) is 11.4. The Kier molecular flexibility index (Phi) is 2.64. The van der Waals surface area contributed by atoms with Crippen molar-refractivity contribution in [2.45, 2.75) is 37.6 Å². The standard InChI is InChI=1S/C16H15FN2O2/c17-12-5-1-9(2-6-12)8-19-15(16(20)21)13-10-3-4-11(7-10)14(13)18-19/h1-2,5-6,10-11H,3-4,7-8H2,(H,20,21). The number of aromatic nitrogens is 2. The first-order valence-corrected chi connectivity index (χ1v) is 7.22. The molecule has 1 N–H and O–H groups in total. The van der Waals surface area contributed by atoms with E-state index in [1.165, 1.54) is 12.1 Å². The molecule has 2 aliphatic carbocycles. The van der Waals surface area contributed by atoms with Crippen molar-refractivity contribution in [3.63, 3.8) is 0 Å². The van der Waals surface area contributed by atoms with E-state index in [0.717, 1.165) is 36.1 Å². The maximum absolute atomic E-state index is 13.0. The molecular formula is C16H15FN2O2. The minimum atomic E-state index is -0.918. The molecule has 0 spiro atoms. The molecule has 0 radical (unpaired) electrons. The molecule has 21 heavy (non-hydrogen) atoms. The van der Waals surface area contributed by atoms with Crippen LogP contribution in [-0.4, -0.2) is 20.9 Å². The minimum absolute atomic E-state index is 0.293. The molecule has 1 heterocycles. The fraction of sp³-hybridized carbons (Fsp3) is 0.375. The summed E-state index contributed by atoms with van der Waals surface area (Å²) in [4.78, 5) is 11.6. The molecule has 4 nitrogen and oxygen atoms in total. The number of benzene rings is 1. The molecule has 0 aliphatic heterocycles. The Balaban J connectivity index is 1.76. The van der Waals surface area contributed by atoms with Gasteiger partial charge < -0.3 is 5.11 Å². The van der Waals surface area contributed by atoms with Gasteiger partial charge in [0.1, 0.15) is 11.5 Å². The third kappa shape index (κ3) is 1.87. The number of fused-ring (bicyclic) bond motifs is 5. The Morgan fingerprint density at radius 2 is 2.00 bits per heavy atom. The van der Waals surface area contributed by atoms with Gasteiger partial charge in [0.15, 0.2) is 0 Å². The van der Waals surface area contributed by atoms with Gasteiger partial charge in [-0.1, -0.05) is 12.1 Å². The Hall–Kier alpha value is -2.17. The van der Waals surface area contributed by atoms with Crippen molar-refractivity contribution in [1.29, 1.82) is 0 Å². The lowest BCUT2D eigenvalue weighted by molar-refractivity contribution is 0.0682. The van der Waals surface area contributed by atoms with Crippen LogP contribution in [0.4, 0.5) is 4.39 Å². The summed E-state index contributed by atoms with van der Waals surface area (Å²) in [5, 5.41) is 14.1. The minimum Gasteiger partial charge on any atom is -0.477 e. The second-order valence-electron chi connectivity index (χ2n) is 5.94. The number of carbonyl (C=O) groups is 1. The lowest BCUT2D eigenvalue weighted by Crippen LogP contribution is -2.13. The van der Waals surface area contributed by atoms with E-state index < -0.39 is 5.97 Å². The van der Waals surface area contributed by atoms with Crippen molar-refractivity contribution >= 4 is 5.97 Å². The molecule has 2 atom stereocenters. The number of aromatic carboxylic acids is 1. The van der Waals surface area contributed by atoms with Crippen molar-refractivity contribution in [3.05, 3.63) is 52.6 Å². The van der Waals surface area contributed by atoms with Crippen molar-refractivity contribution < 1.29 is 14.3 Å². The van der Waals surface area contributed by atoms with E-state index in [9.17, 15) is 14.3 Å². The first-order valence-electron chi connectivity index (χ1n) is 7.22. The molecule has 5 heteroatoms. The van der Waals surface area contributed by atoms with Crippen LogP contribution in [0.1, 0.15) is 58.4 Å². The molecular weight excluding hydrogens is 271 g/mol. The van der Waals surface area contributed by atoms with E-state index in [4.69, 9.17) is 0 Å². The maximum atomic E-state index is 13.0. The summed E-state index contributed by atoms with van der Waals surface area (Å²) in [6.45, 7) is 0.369. The summed E-state index contributed by atoms with van der Waals surface area (Å²) in [6, 6.07) is 6.11. The highest BCUT2D eigenvalue weighted by Crippen LogP contribution is 2.53. The SMILES string of the molecule is O=C(O)c1c2c(nn1Cc1ccc(F)cc1)C1CCC2C1. The van der Waals surface area contributed by atoms with Crippen LogP contribution in [0.3, 0.4) is 0 Å². The third-order valence-electron chi connectivity index (χ3n) is 4.69. The molecule has 4 rings (SSSR count). The monoisotopic (exact) mass is 286 g/mol. The van der Waals surface area contributed by atoms with Gasteiger partial charge in [-0.25, -0.2) is 9.18 Å². The fourth-order valence-corrected chi connectivity index (χ4v) is 3.79. The van der Waals surface area contributed by atoms with E-state index in [-0.39, 0.29) is 5.82 Å². The summed E-state index contributed by atoms with van der Waals surface area (Å²) in [7, 11) is 0. The van der Waals surface area contributed by atoms with E-state index in [1.807, 2.05) is 0 Å². The number of carboxylic acid groups (broad SMARTS) is 1. The summed E-state index contributed by atoms with van der Waals surface area (Å²) >= 11 is 0. The second-order valence-corrected chi connectivity index (χ2v) is 5.94. The Bertz CT molecular complexity index is 721. The lowest BCUT2D eigenvalue weighted by atomic mass is 9.95. The fourth-order valence-electron chi connectivity index (χ4n) is 3.79. The van der Waals surface area contributed by atoms with Crippen molar-refractivity contribution in [2.24, 2.45) is 0 Å². The van der Waals surface area contributed by atoms with Crippen LogP contribution in [0.25, 0.3) is 0 Å². The van der Waals surface area contributed by atoms with Crippen LogP contribution >= 0.6 is 0 Å². The van der Waals surface area contributed by atoms with Gasteiger partial charge in [-0.3, -0.25) is 4.68 Å². The van der Waals surface area contributed by atoms with E-state index >= 15 is 0 Å². The number of rotatable bonds is 3. The summed E-state index contributed by atoms with van der Waals surface area (Å²) in [6.07, 6.45) is 3.24. The number of nitrogens with zero attached hydrogens (tertiary/aromatic N) is 2. The van der Waals surface area contributed by atoms with Gasteiger partial charge in [0, 0.05) is 11.5 Å². The zero-order valence-corrected chi connectivity index (χ0v) is 11.4. The van der Waals surface area contributed by atoms with Crippen LogP contribution in [0, 0.1) is 5.82 Å². The predicted octanol–water partition coefficient (Wildman–Crippen LogP) is 3.13. The largest absolute Gasteiger partial charge is 0.477 e. The van der Waals surface area contributed by atoms with Crippen molar-refractivity contribution in [2.75, 3.05) is 0 Å². The van der Waals surface area contributed by atoms with Gasteiger partial charge in [0.25, 0.3) is 0 Å². The molecule has 2 bridgehead atoms. The van der Waals surface area contributed by atoms with Gasteiger partial charge in [0.05, 0.1) is 12.2 Å². The normalized spacial score (nSPS) is 22.5. The molecule has 1 aromatic carbocycles. The molecule has 1 fully saturated rings. The van der Waals surface area contributed by atoms with Gasteiger partial charge in [-0.05, 0) is 42.9 Å². The van der Waals surface area contributed by atoms with E-state index in [0.29, 0.717) is 24.1 Å². The summed E-state index contributed by atoms with van der Waals surface area (Å²) in [5.41, 5.74) is 3.10. The first-order chi connectivity index (χ1) is 10.1. The Labute approximate surface area is 121 Å². The van der Waals surface area contributed by atoms with Gasteiger partial charge in [0.2, 0.25) is 0 Å². The molecule has 2 aromatic rings. The van der Waals surface area contributed by atoms with Crippen molar-refractivity contribution in [3.8, 4) is 0 Å². The quantitative estimate of drug-likeness (QED) is 0.943. The topological polar surface area (TPSA) is 55.1 Å². The zero-order chi connectivity index (χ0) is 14.6. The molecule has 108 valence electrons. The highest BCUT2D eigenvalue weighted by molar-refractivity contribution is 5.88. The Morgan fingerprint density at radius 3 is 2.71 bits per heavy atom. The average molecular weight is 286 g/mol. The Morgan fingerprint density at radius 1 is 1.29 bits per heavy atom. The summed E-state index contributed by atoms with van der Waals surface area (Å²) < 4.78 is 14.5. The molecule has 2 aliphatic rings. The van der Waals surface area contributed by atoms with Crippen LogP contribution in [-0.2, 0) is 6.54 Å². The van der Waals surface area contributed by atoms with Gasteiger partial charge in [-0.15, -0.1) is 0 Å². The predicted molar refractivity (Wildman–Crippen MR) is 74.0 cm³/mol. The van der Waals surface area contributed by atoms with E-state index in [2.05, 4.69) is 5.10 Å². The number of hydrogen-bond acceptors (Lipinski definition) is 2. The first kappa shape index (κ1) is 12.6. The third-order valence-corrected chi connectivity index (χ3v) is 4.69. The smallest absolute Gasteiger partial charge is 0.354 e.